The quantitative estimate of drug-likeness (QED) is 0.672. The van der Waals surface area contributed by atoms with Crippen molar-refractivity contribution in [1.29, 1.82) is 0 Å². The maximum Gasteiger partial charge on any atom is 0.337 e. The maximum absolute atomic E-state index is 11.3. The SMILES string of the molecule is C#CCN1CCC(Nc2ccc(C(=O)OC)cc2)CC1. The van der Waals surface area contributed by atoms with Gasteiger partial charge >= 0.3 is 5.97 Å². The summed E-state index contributed by atoms with van der Waals surface area (Å²) < 4.78 is 4.68. The molecule has 4 nitrogen and oxygen atoms in total. The number of terminal acetylenes is 1. The number of nitrogens with zero attached hydrogens (tertiary/aromatic N) is 1. The van der Waals surface area contributed by atoms with Crippen LogP contribution in [0.3, 0.4) is 0 Å². The van der Waals surface area contributed by atoms with Crippen molar-refractivity contribution >= 4 is 11.7 Å². The second kappa shape index (κ2) is 6.97. The number of anilines is 1. The van der Waals surface area contributed by atoms with E-state index < -0.39 is 0 Å². The van der Waals surface area contributed by atoms with Gasteiger partial charge in [-0.3, -0.25) is 4.90 Å². The molecule has 1 aromatic rings. The Kier molecular flexibility index (Phi) is 5.03. The van der Waals surface area contributed by atoms with Crippen molar-refractivity contribution in [3.63, 3.8) is 0 Å². The van der Waals surface area contributed by atoms with Gasteiger partial charge in [0.25, 0.3) is 0 Å². The molecule has 1 aliphatic heterocycles. The van der Waals surface area contributed by atoms with Crippen molar-refractivity contribution in [3.05, 3.63) is 29.8 Å². The van der Waals surface area contributed by atoms with E-state index in [9.17, 15) is 4.79 Å². The molecule has 1 fully saturated rings. The molecule has 4 heteroatoms. The second-order valence-electron chi connectivity index (χ2n) is 4.97. The van der Waals surface area contributed by atoms with E-state index in [1.54, 1.807) is 12.1 Å². The summed E-state index contributed by atoms with van der Waals surface area (Å²) in [4.78, 5) is 13.6. The van der Waals surface area contributed by atoms with Crippen LogP contribution in [0.2, 0.25) is 0 Å². The van der Waals surface area contributed by atoms with Gasteiger partial charge in [-0.25, -0.2) is 4.79 Å². The molecular formula is C16H20N2O2. The van der Waals surface area contributed by atoms with Crippen LogP contribution in [0.1, 0.15) is 23.2 Å². The number of rotatable bonds is 4. The first-order valence-electron chi connectivity index (χ1n) is 6.83. The minimum absolute atomic E-state index is 0.306. The molecule has 0 bridgehead atoms. The van der Waals surface area contributed by atoms with E-state index in [0.717, 1.165) is 38.2 Å². The number of piperidine rings is 1. The number of nitrogens with one attached hydrogen (secondary N) is 1. The molecule has 1 heterocycles. The highest BCUT2D eigenvalue weighted by Gasteiger charge is 2.18. The van der Waals surface area contributed by atoms with Crippen molar-refractivity contribution in [2.24, 2.45) is 0 Å². The van der Waals surface area contributed by atoms with Gasteiger partial charge in [0.1, 0.15) is 0 Å². The van der Waals surface area contributed by atoms with Crippen LogP contribution in [-0.2, 0) is 4.74 Å². The fourth-order valence-corrected chi connectivity index (χ4v) is 2.42. The van der Waals surface area contributed by atoms with Crippen molar-refractivity contribution in [2.45, 2.75) is 18.9 Å². The predicted molar refractivity (Wildman–Crippen MR) is 79.7 cm³/mol. The average Bonchev–Trinajstić information content (AvgIpc) is 2.49. The smallest absolute Gasteiger partial charge is 0.337 e. The molecule has 0 aromatic heterocycles. The average molecular weight is 272 g/mol. The van der Waals surface area contributed by atoms with Gasteiger partial charge in [0.2, 0.25) is 0 Å². The first kappa shape index (κ1) is 14.4. The lowest BCUT2D eigenvalue weighted by molar-refractivity contribution is 0.0601. The number of methoxy groups -OCH3 is 1. The van der Waals surface area contributed by atoms with Crippen LogP contribution in [0.15, 0.2) is 24.3 Å². The Morgan fingerprint density at radius 3 is 2.60 bits per heavy atom. The van der Waals surface area contributed by atoms with Crippen LogP contribution >= 0.6 is 0 Å². The zero-order valence-corrected chi connectivity index (χ0v) is 11.8. The molecule has 1 aromatic carbocycles. The van der Waals surface area contributed by atoms with E-state index >= 15 is 0 Å². The molecule has 0 amide bonds. The monoisotopic (exact) mass is 272 g/mol. The summed E-state index contributed by atoms with van der Waals surface area (Å²) in [6.45, 7) is 2.80. The molecule has 0 unspecified atom stereocenters. The second-order valence-corrected chi connectivity index (χ2v) is 4.97. The fraction of sp³-hybridized carbons (Fsp3) is 0.438. The minimum Gasteiger partial charge on any atom is -0.465 e. The maximum atomic E-state index is 11.3. The summed E-state index contributed by atoms with van der Waals surface area (Å²) in [6.07, 6.45) is 7.49. The van der Waals surface area contributed by atoms with Crippen LogP contribution in [0.5, 0.6) is 0 Å². The Balaban J connectivity index is 1.85. The first-order valence-corrected chi connectivity index (χ1v) is 6.83. The third-order valence-corrected chi connectivity index (χ3v) is 3.58. The summed E-state index contributed by atoms with van der Waals surface area (Å²) in [7, 11) is 1.39. The fourth-order valence-electron chi connectivity index (χ4n) is 2.42. The zero-order chi connectivity index (χ0) is 14.4. The van der Waals surface area contributed by atoms with E-state index in [4.69, 9.17) is 6.42 Å². The van der Waals surface area contributed by atoms with E-state index in [0.29, 0.717) is 11.6 Å². The number of benzene rings is 1. The minimum atomic E-state index is -0.306. The van der Waals surface area contributed by atoms with Crippen LogP contribution in [-0.4, -0.2) is 43.7 Å². The van der Waals surface area contributed by atoms with Gasteiger partial charge in [-0.2, -0.15) is 0 Å². The summed E-state index contributed by atoms with van der Waals surface area (Å²) >= 11 is 0. The molecule has 0 spiro atoms. The van der Waals surface area contributed by atoms with Gasteiger partial charge in [0.15, 0.2) is 0 Å². The molecule has 1 N–H and O–H groups in total. The van der Waals surface area contributed by atoms with Gasteiger partial charge in [0, 0.05) is 24.8 Å². The number of carbonyl (C=O) groups is 1. The molecule has 0 saturated carbocycles. The molecule has 106 valence electrons. The number of hydrogen-bond donors (Lipinski definition) is 1. The lowest BCUT2D eigenvalue weighted by atomic mass is 10.0. The van der Waals surface area contributed by atoms with Gasteiger partial charge in [-0.15, -0.1) is 6.42 Å². The Hall–Kier alpha value is -1.99. The van der Waals surface area contributed by atoms with E-state index in [1.807, 2.05) is 12.1 Å². The van der Waals surface area contributed by atoms with Crippen molar-refractivity contribution < 1.29 is 9.53 Å². The molecule has 2 rings (SSSR count). The summed E-state index contributed by atoms with van der Waals surface area (Å²) in [5.41, 5.74) is 1.61. The highest BCUT2D eigenvalue weighted by atomic mass is 16.5. The Morgan fingerprint density at radius 1 is 1.40 bits per heavy atom. The molecular weight excluding hydrogens is 252 g/mol. The summed E-state index contributed by atoms with van der Waals surface area (Å²) in [6, 6.07) is 7.86. The molecule has 0 aliphatic carbocycles. The normalized spacial score (nSPS) is 16.4. The molecule has 1 saturated heterocycles. The van der Waals surface area contributed by atoms with Crippen LogP contribution in [0.25, 0.3) is 0 Å². The largest absolute Gasteiger partial charge is 0.465 e. The number of ether oxygens (including phenoxy) is 1. The highest BCUT2D eigenvalue weighted by Crippen LogP contribution is 2.17. The Labute approximate surface area is 120 Å². The van der Waals surface area contributed by atoms with E-state index in [-0.39, 0.29) is 5.97 Å². The van der Waals surface area contributed by atoms with Gasteiger partial charge < -0.3 is 10.1 Å². The van der Waals surface area contributed by atoms with Crippen molar-refractivity contribution in [2.75, 3.05) is 32.1 Å². The molecule has 20 heavy (non-hydrogen) atoms. The van der Waals surface area contributed by atoms with Gasteiger partial charge in [-0.05, 0) is 37.1 Å². The standard InChI is InChI=1S/C16H20N2O2/c1-3-10-18-11-8-15(9-12-18)17-14-6-4-13(5-7-14)16(19)20-2/h1,4-7,15,17H,8-12H2,2H3. The van der Waals surface area contributed by atoms with Crippen LogP contribution in [0, 0.1) is 12.3 Å². The first-order chi connectivity index (χ1) is 9.72. The topological polar surface area (TPSA) is 41.6 Å². The van der Waals surface area contributed by atoms with E-state index in [2.05, 4.69) is 20.9 Å². The molecule has 0 atom stereocenters. The molecule has 1 aliphatic rings. The van der Waals surface area contributed by atoms with E-state index in [1.165, 1.54) is 7.11 Å². The Morgan fingerprint density at radius 2 is 2.05 bits per heavy atom. The lowest BCUT2D eigenvalue weighted by Crippen LogP contribution is -2.39. The lowest BCUT2D eigenvalue weighted by Gasteiger charge is -2.31. The van der Waals surface area contributed by atoms with Crippen molar-refractivity contribution in [3.8, 4) is 12.3 Å². The van der Waals surface area contributed by atoms with Gasteiger partial charge in [-0.1, -0.05) is 5.92 Å². The van der Waals surface area contributed by atoms with Crippen molar-refractivity contribution in [1.82, 2.24) is 4.90 Å². The molecule has 0 radical (unpaired) electrons. The number of carbonyl (C=O) groups excluding carboxylic acids is 1. The summed E-state index contributed by atoms with van der Waals surface area (Å²) in [5.74, 6) is 2.38. The highest BCUT2D eigenvalue weighted by molar-refractivity contribution is 5.89. The third-order valence-electron chi connectivity index (χ3n) is 3.58. The number of esters is 1. The Bertz CT molecular complexity index is 482. The van der Waals surface area contributed by atoms with Gasteiger partial charge in [0.05, 0.1) is 19.2 Å². The van der Waals surface area contributed by atoms with Crippen LogP contribution in [0.4, 0.5) is 5.69 Å². The summed E-state index contributed by atoms with van der Waals surface area (Å²) in [5, 5.41) is 3.50. The number of hydrogen-bond acceptors (Lipinski definition) is 4. The zero-order valence-electron chi connectivity index (χ0n) is 11.8. The predicted octanol–water partition coefficient (Wildman–Crippen LogP) is 1.98. The van der Waals surface area contributed by atoms with Crippen LogP contribution < -0.4 is 5.32 Å². The number of likely N-dealkylation sites (tertiary alicyclic amines) is 1. The third kappa shape index (κ3) is 3.75.